The van der Waals surface area contributed by atoms with Crippen molar-refractivity contribution in [1.29, 1.82) is 0 Å². The van der Waals surface area contributed by atoms with E-state index in [0.29, 0.717) is 9.70 Å². The van der Waals surface area contributed by atoms with E-state index in [1.807, 2.05) is 13.0 Å². The summed E-state index contributed by atoms with van der Waals surface area (Å²) in [5.41, 5.74) is 0. The number of esters is 1. The lowest BCUT2D eigenvalue weighted by Crippen LogP contribution is -1.96. The van der Waals surface area contributed by atoms with Crippen LogP contribution in [0.4, 0.5) is 0 Å². The summed E-state index contributed by atoms with van der Waals surface area (Å²) in [6.45, 7) is 2.02. The molecule has 0 saturated heterocycles. The molecule has 66 valence electrons. The van der Waals surface area contributed by atoms with Gasteiger partial charge in [0.05, 0.1) is 7.11 Å². The predicted octanol–water partition coefficient (Wildman–Crippen LogP) is 2.99. The lowest BCUT2D eigenvalue weighted by molar-refractivity contribution is 0.0606. The third kappa shape index (κ3) is 2.08. The number of ether oxygens (including phenoxy) is 1. The van der Waals surface area contributed by atoms with Gasteiger partial charge in [0.15, 0.2) is 0 Å². The van der Waals surface area contributed by atoms with Gasteiger partial charge < -0.3 is 4.74 Å². The third-order valence-electron chi connectivity index (χ3n) is 1.41. The van der Waals surface area contributed by atoms with Crippen LogP contribution in [0.3, 0.4) is 0 Å². The second kappa shape index (κ2) is 4.05. The summed E-state index contributed by atoms with van der Waals surface area (Å²) in [4.78, 5) is 13.1. The second-order valence-corrected chi connectivity index (χ2v) is 4.80. The highest BCUT2D eigenvalue weighted by atomic mass is 79.9. The first-order chi connectivity index (χ1) is 5.65. The van der Waals surface area contributed by atoms with Gasteiger partial charge in [0.25, 0.3) is 0 Å². The van der Waals surface area contributed by atoms with Crippen molar-refractivity contribution in [2.45, 2.75) is 11.8 Å². The van der Waals surface area contributed by atoms with Gasteiger partial charge >= 0.3 is 5.97 Å². The number of alkyl halides is 1. The molecule has 0 radical (unpaired) electrons. The van der Waals surface area contributed by atoms with Crippen LogP contribution in [0.2, 0.25) is 0 Å². The minimum Gasteiger partial charge on any atom is -0.465 e. The lowest BCUT2D eigenvalue weighted by Gasteiger charge is -1.95. The Labute approximate surface area is 83.7 Å². The van der Waals surface area contributed by atoms with Gasteiger partial charge in [-0.05, 0) is 19.1 Å². The molecule has 1 unspecified atom stereocenters. The third-order valence-corrected chi connectivity index (χ3v) is 3.45. The molecule has 12 heavy (non-hydrogen) atoms. The molecule has 1 aromatic rings. The minimum absolute atomic E-state index is 0.264. The number of hydrogen-bond acceptors (Lipinski definition) is 3. The SMILES string of the molecule is COC(=O)c1ccc(C(C)Br)s1. The van der Waals surface area contributed by atoms with Crippen molar-refractivity contribution >= 4 is 33.2 Å². The average molecular weight is 249 g/mol. The predicted molar refractivity (Wildman–Crippen MR) is 53.0 cm³/mol. The number of thiophene rings is 1. The van der Waals surface area contributed by atoms with E-state index in [1.165, 1.54) is 18.4 Å². The molecule has 0 aliphatic carbocycles. The van der Waals surface area contributed by atoms with E-state index in [2.05, 4.69) is 20.7 Å². The van der Waals surface area contributed by atoms with Gasteiger partial charge in [0, 0.05) is 9.70 Å². The highest BCUT2D eigenvalue weighted by molar-refractivity contribution is 9.09. The summed E-state index contributed by atoms with van der Waals surface area (Å²) in [5, 5.41) is 0. The van der Waals surface area contributed by atoms with Crippen molar-refractivity contribution in [3.63, 3.8) is 0 Å². The summed E-state index contributed by atoms with van der Waals surface area (Å²) < 4.78 is 4.59. The Hall–Kier alpha value is -0.350. The zero-order chi connectivity index (χ0) is 9.14. The maximum Gasteiger partial charge on any atom is 0.348 e. The van der Waals surface area contributed by atoms with Crippen LogP contribution in [0.25, 0.3) is 0 Å². The molecule has 1 rings (SSSR count). The van der Waals surface area contributed by atoms with Crippen LogP contribution in [0.1, 0.15) is 26.3 Å². The smallest absolute Gasteiger partial charge is 0.348 e. The standard InChI is InChI=1S/C8H9BrO2S/c1-5(9)6-3-4-7(12-6)8(10)11-2/h3-5H,1-2H3. The van der Waals surface area contributed by atoms with E-state index in [0.717, 1.165) is 4.88 Å². The van der Waals surface area contributed by atoms with Crippen molar-refractivity contribution in [2.75, 3.05) is 7.11 Å². The maximum absolute atomic E-state index is 11.0. The quantitative estimate of drug-likeness (QED) is 0.595. The molecule has 0 amide bonds. The fourth-order valence-electron chi connectivity index (χ4n) is 0.777. The molecule has 0 aliphatic heterocycles. The van der Waals surface area contributed by atoms with Crippen molar-refractivity contribution in [3.05, 3.63) is 21.9 Å². The number of rotatable bonds is 2. The molecular weight excluding hydrogens is 240 g/mol. The van der Waals surface area contributed by atoms with Crippen LogP contribution in [0.5, 0.6) is 0 Å². The summed E-state index contributed by atoms with van der Waals surface area (Å²) in [6, 6.07) is 3.71. The van der Waals surface area contributed by atoms with Crippen LogP contribution >= 0.6 is 27.3 Å². The number of carbonyl (C=O) groups is 1. The van der Waals surface area contributed by atoms with Crippen molar-refractivity contribution in [3.8, 4) is 0 Å². The highest BCUT2D eigenvalue weighted by Gasteiger charge is 2.10. The van der Waals surface area contributed by atoms with Gasteiger partial charge in [0.2, 0.25) is 0 Å². The Morgan fingerprint density at radius 3 is 2.75 bits per heavy atom. The molecule has 0 aliphatic rings. The number of carbonyl (C=O) groups excluding carboxylic acids is 1. The number of halogens is 1. The van der Waals surface area contributed by atoms with Gasteiger partial charge in [-0.3, -0.25) is 0 Å². The molecule has 0 saturated carbocycles. The van der Waals surface area contributed by atoms with Gasteiger partial charge in [-0.1, -0.05) is 15.9 Å². The minimum atomic E-state index is -0.264. The Morgan fingerprint density at radius 1 is 1.67 bits per heavy atom. The molecule has 2 nitrogen and oxygen atoms in total. The summed E-state index contributed by atoms with van der Waals surface area (Å²) in [5.74, 6) is -0.264. The number of hydrogen-bond donors (Lipinski definition) is 0. The van der Waals surface area contributed by atoms with E-state index in [9.17, 15) is 4.79 Å². The van der Waals surface area contributed by atoms with Gasteiger partial charge in [-0.2, -0.15) is 0 Å². The van der Waals surface area contributed by atoms with Gasteiger partial charge in [-0.25, -0.2) is 4.79 Å². The van der Waals surface area contributed by atoms with Crippen molar-refractivity contribution in [2.24, 2.45) is 0 Å². The average Bonchev–Trinajstić information content (AvgIpc) is 2.51. The van der Waals surface area contributed by atoms with Gasteiger partial charge in [-0.15, -0.1) is 11.3 Å². The number of methoxy groups -OCH3 is 1. The zero-order valence-electron chi connectivity index (χ0n) is 6.83. The molecule has 0 N–H and O–H groups in total. The van der Waals surface area contributed by atoms with E-state index in [-0.39, 0.29) is 5.97 Å². The summed E-state index contributed by atoms with van der Waals surface area (Å²) >= 11 is 4.88. The van der Waals surface area contributed by atoms with Crippen LogP contribution in [0, 0.1) is 0 Å². The van der Waals surface area contributed by atoms with Crippen molar-refractivity contribution in [1.82, 2.24) is 0 Å². The largest absolute Gasteiger partial charge is 0.465 e. The molecule has 0 spiro atoms. The fourth-order valence-corrected chi connectivity index (χ4v) is 2.07. The normalized spacial score (nSPS) is 12.6. The van der Waals surface area contributed by atoms with E-state index >= 15 is 0 Å². The first-order valence-electron chi connectivity index (χ1n) is 3.47. The topological polar surface area (TPSA) is 26.3 Å². The lowest BCUT2D eigenvalue weighted by atomic mass is 10.4. The van der Waals surface area contributed by atoms with Crippen LogP contribution in [-0.2, 0) is 4.74 Å². The van der Waals surface area contributed by atoms with Crippen LogP contribution < -0.4 is 0 Å². The van der Waals surface area contributed by atoms with Crippen molar-refractivity contribution < 1.29 is 9.53 Å². The molecule has 1 atom stereocenters. The van der Waals surface area contributed by atoms with Crippen LogP contribution in [0.15, 0.2) is 12.1 Å². The zero-order valence-corrected chi connectivity index (χ0v) is 9.24. The molecule has 4 heteroatoms. The summed E-state index contributed by atoms with van der Waals surface area (Å²) in [7, 11) is 1.39. The first kappa shape index (κ1) is 9.74. The van der Waals surface area contributed by atoms with Crippen LogP contribution in [-0.4, -0.2) is 13.1 Å². The molecule has 0 aromatic carbocycles. The Balaban J connectivity index is 2.84. The summed E-state index contributed by atoms with van der Waals surface area (Å²) in [6.07, 6.45) is 0. The Bertz CT molecular complexity index is 280. The molecule has 1 heterocycles. The second-order valence-electron chi connectivity index (χ2n) is 2.31. The highest BCUT2D eigenvalue weighted by Crippen LogP contribution is 2.28. The molecule has 0 bridgehead atoms. The Kier molecular flexibility index (Phi) is 3.29. The fraction of sp³-hybridized carbons (Fsp3) is 0.375. The molecule has 1 aromatic heterocycles. The van der Waals surface area contributed by atoms with E-state index in [1.54, 1.807) is 6.07 Å². The first-order valence-corrected chi connectivity index (χ1v) is 5.20. The monoisotopic (exact) mass is 248 g/mol. The van der Waals surface area contributed by atoms with Gasteiger partial charge in [0.1, 0.15) is 4.88 Å². The maximum atomic E-state index is 11.0. The molecular formula is C8H9BrO2S. The van der Waals surface area contributed by atoms with E-state index < -0.39 is 0 Å². The van der Waals surface area contributed by atoms with E-state index in [4.69, 9.17) is 0 Å². The molecule has 0 fully saturated rings. The Morgan fingerprint density at radius 2 is 2.33 bits per heavy atom.